The molecule has 6 heteroatoms. The number of carbonyl (C=O) groups excluding carboxylic acids is 2. The zero-order valence-electron chi connectivity index (χ0n) is 22.2. The first-order valence-electron chi connectivity index (χ1n) is 13.1. The molecule has 37 heavy (non-hydrogen) atoms. The minimum Gasteiger partial charge on any atom is -0.497 e. The number of aromatic nitrogens is 1. The van der Waals surface area contributed by atoms with Gasteiger partial charge in [0.2, 0.25) is 5.91 Å². The first-order chi connectivity index (χ1) is 17.9. The van der Waals surface area contributed by atoms with E-state index in [1.165, 1.54) is 0 Å². The Bertz CT molecular complexity index is 1350. The largest absolute Gasteiger partial charge is 0.497 e. The van der Waals surface area contributed by atoms with E-state index in [4.69, 9.17) is 9.72 Å². The van der Waals surface area contributed by atoms with Gasteiger partial charge in [-0.05, 0) is 72.6 Å². The van der Waals surface area contributed by atoms with Crippen LogP contribution >= 0.6 is 0 Å². The van der Waals surface area contributed by atoms with Crippen molar-refractivity contribution in [1.29, 1.82) is 0 Å². The molecule has 1 fully saturated rings. The van der Waals surface area contributed by atoms with Gasteiger partial charge in [-0.2, -0.15) is 0 Å². The summed E-state index contributed by atoms with van der Waals surface area (Å²) in [5, 5.41) is 0.913. The molecule has 192 valence electrons. The highest BCUT2D eigenvalue weighted by Crippen LogP contribution is 2.39. The van der Waals surface area contributed by atoms with Crippen molar-refractivity contribution in [3.63, 3.8) is 0 Å². The van der Waals surface area contributed by atoms with Crippen LogP contribution in [-0.4, -0.2) is 60.9 Å². The maximum atomic E-state index is 14.1. The Hall–Kier alpha value is -3.67. The fraction of sp³-hybridized carbons (Fsp3) is 0.387. The number of allylic oxidation sites excluding steroid dienone is 1. The number of para-hydroxylation sites is 1. The van der Waals surface area contributed by atoms with Gasteiger partial charge in [0, 0.05) is 38.5 Å². The molecule has 2 amide bonds. The second kappa shape index (κ2) is 10.4. The molecule has 1 aromatic heterocycles. The molecule has 0 bridgehead atoms. The fourth-order valence-electron chi connectivity index (χ4n) is 5.73. The van der Waals surface area contributed by atoms with Gasteiger partial charge < -0.3 is 14.5 Å². The average molecular weight is 498 g/mol. The first kappa shape index (κ1) is 25.0. The highest BCUT2D eigenvalue weighted by atomic mass is 16.5. The van der Waals surface area contributed by atoms with Gasteiger partial charge in [0.15, 0.2) is 0 Å². The molecule has 2 aromatic carbocycles. The van der Waals surface area contributed by atoms with Crippen LogP contribution in [0.25, 0.3) is 22.6 Å². The summed E-state index contributed by atoms with van der Waals surface area (Å²) in [7, 11) is 5.27. The summed E-state index contributed by atoms with van der Waals surface area (Å²) in [5.74, 6) is 1.42. The van der Waals surface area contributed by atoms with E-state index in [9.17, 15) is 9.59 Å². The Morgan fingerprint density at radius 1 is 1.03 bits per heavy atom. The second-order valence-electron chi connectivity index (χ2n) is 10.6. The summed E-state index contributed by atoms with van der Waals surface area (Å²) in [6.45, 7) is 3.43. The van der Waals surface area contributed by atoms with Gasteiger partial charge in [-0.25, -0.2) is 4.98 Å². The Kier molecular flexibility index (Phi) is 7.00. The minimum absolute atomic E-state index is 0.0128. The molecule has 0 N–H and O–H groups in total. The Labute approximate surface area is 218 Å². The molecule has 1 atom stereocenters. The number of rotatable bonds is 4. The highest BCUT2D eigenvalue weighted by molar-refractivity contribution is 6.09. The Morgan fingerprint density at radius 3 is 2.41 bits per heavy atom. The summed E-state index contributed by atoms with van der Waals surface area (Å²) < 4.78 is 5.32. The molecule has 5 rings (SSSR count). The van der Waals surface area contributed by atoms with Crippen LogP contribution in [0.3, 0.4) is 0 Å². The number of nitrogens with zero attached hydrogens (tertiary/aromatic N) is 3. The second-order valence-corrected chi connectivity index (χ2v) is 10.6. The van der Waals surface area contributed by atoms with Gasteiger partial charge in [0.05, 0.1) is 23.9 Å². The normalized spacial score (nSPS) is 19.1. The molecule has 6 nitrogen and oxygen atoms in total. The van der Waals surface area contributed by atoms with Crippen LogP contribution in [0.5, 0.6) is 5.75 Å². The lowest BCUT2D eigenvalue weighted by Gasteiger charge is -2.34. The molecule has 1 saturated heterocycles. The quantitative estimate of drug-likeness (QED) is 0.490. The SMILES string of the molecule is COc1ccc(/C=C2/CC(C)Cc3c2nc2ccccc2c3C(=O)N2CCC(C(=O)N(C)C)CC2)cc1. The average Bonchev–Trinajstić information content (AvgIpc) is 2.91. The third-order valence-corrected chi connectivity index (χ3v) is 7.66. The predicted octanol–water partition coefficient (Wildman–Crippen LogP) is 5.31. The van der Waals surface area contributed by atoms with Gasteiger partial charge in [-0.15, -0.1) is 0 Å². The van der Waals surface area contributed by atoms with Gasteiger partial charge in [0.1, 0.15) is 5.75 Å². The number of likely N-dealkylation sites (tertiary alicyclic amines) is 1. The molecule has 0 saturated carbocycles. The van der Waals surface area contributed by atoms with Crippen LogP contribution in [-0.2, 0) is 11.2 Å². The molecule has 1 aliphatic heterocycles. The summed E-state index contributed by atoms with van der Waals surface area (Å²) >= 11 is 0. The van der Waals surface area contributed by atoms with Crippen LogP contribution in [0.2, 0.25) is 0 Å². The lowest BCUT2D eigenvalue weighted by atomic mass is 9.80. The highest BCUT2D eigenvalue weighted by Gasteiger charge is 2.33. The van der Waals surface area contributed by atoms with Crippen LogP contribution in [0.4, 0.5) is 0 Å². The lowest BCUT2D eigenvalue weighted by molar-refractivity contribution is -0.134. The summed E-state index contributed by atoms with van der Waals surface area (Å²) in [6, 6.07) is 16.0. The molecule has 2 aliphatic rings. The standard InChI is InChI=1S/C31H35N3O3/c1-20-17-23(19-21-9-11-24(37-4)12-10-21)29-26(18-20)28(25-7-5-6-8-27(25)32-29)31(36)34-15-13-22(14-16-34)30(35)33(2)3/h5-12,19-20,22H,13-18H2,1-4H3/b23-19-. The topological polar surface area (TPSA) is 62.7 Å². The van der Waals surface area contributed by atoms with Crippen LogP contribution in [0.1, 0.15) is 53.4 Å². The van der Waals surface area contributed by atoms with E-state index in [-0.39, 0.29) is 17.7 Å². The Balaban J connectivity index is 1.55. The number of piperidine rings is 1. The molecule has 2 heterocycles. The number of carbonyl (C=O) groups is 2. The van der Waals surface area contributed by atoms with Crippen LogP contribution < -0.4 is 4.74 Å². The number of amides is 2. The van der Waals surface area contributed by atoms with Crippen molar-refractivity contribution in [2.45, 2.75) is 32.6 Å². The zero-order chi connectivity index (χ0) is 26.1. The van der Waals surface area contributed by atoms with E-state index in [0.29, 0.717) is 31.8 Å². The number of hydrogen-bond acceptors (Lipinski definition) is 4. The monoisotopic (exact) mass is 497 g/mol. The molecule has 1 aliphatic carbocycles. The number of fused-ring (bicyclic) bond motifs is 2. The fourth-order valence-corrected chi connectivity index (χ4v) is 5.73. The van der Waals surface area contributed by atoms with Crippen molar-refractivity contribution < 1.29 is 14.3 Å². The van der Waals surface area contributed by atoms with Gasteiger partial charge in [-0.1, -0.05) is 37.3 Å². The van der Waals surface area contributed by atoms with Crippen LogP contribution in [0.15, 0.2) is 48.5 Å². The third kappa shape index (κ3) is 4.97. The number of benzene rings is 2. The minimum atomic E-state index is -0.0128. The maximum Gasteiger partial charge on any atom is 0.254 e. The molecular weight excluding hydrogens is 462 g/mol. The molecular formula is C31H35N3O3. The van der Waals surface area contributed by atoms with E-state index < -0.39 is 0 Å². The van der Waals surface area contributed by atoms with Crippen molar-refractivity contribution in [1.82, 2.24) is 14.8 Å². The summed E-state index contributed by atoms with van der Waals surface area (Å²) in [4.78, 5) is 35.3. The number of ether oxygens (including phenoxy) is 1. The van der Waals surface area contributed by atoms with Crippen molar-refractivity contribution in [3.8, 4) is 5.75 Å². The lowest BCUT2D eigenvalue weighted by Crippen LogP contribution is -2.43. The first-order valence-corrected chi connectivity index (χ1v) is 13.1. The molecule has 3 aromatic rings. The van der Waals surface area contributed by atoms with Gasteiger partial charge in [-0.3, -0.25) is 9.59 Å². The smallest absolute Gasteiger partial charge is 0.254 e. The number of hydrogen-bond donors (Lipinski definition) is 0. The number of pyridine rings is 1. The van der Waals surface area contributed by atoms with E-state index in [0.717, 1.165) is 57.5 Å². The van der Waals surface area contributed by atoms with Crippen LogP contribution in [0, 0.1) is 11.8 Å². The molecule has 1 unspecified atom stereocenters. The third-order valence-electron chi connectivity index (χ3n) is 7.66. The number of methoxy groups -OCH3 is 1. The van der Waals surface area contributed by atoms with Gasteiger partial charge >= 0.3 is 0 Å². The van der Waals surface area contributed by atoms with Crippen molar-refractivity contribution in [2.75, 3.05) is 34.3 Å². The van der Waals surface area contributed by atoms with Crippen molar-refractivity contribution in [3.05, 3.63) is 70.9 Å². The van der Waals surface area contributed by atoms with E-state index >= 15 is 0 Å². The van der Waals surface area contributed by atoms with Gasteiger partial charge in [0.25, 0.3) is 5.91 Å². The molecule has 0 radical (unpaired) electrons. The molecule has 0 spiro atoms. The Morgan fingerprint density at radius 2 is 1.73 bits per heavy atom. The van der Waals surface area contributed by atoms with E-state index in [1.807, 2.05) is 41.3 Å². The summed E-state index contributed by atoms with van der Waals surface area (Å²) in [5.41, 5.74) is 5.87. The maximum absolute atomic E-state index is 14.1. The van der Waals surface area contributed by atoms with Crippen molar-refractivity contribution >= 4 is 34.4 Å². The predicted molar refractivity (Wildman–Crippen MR) is 147 cm³/mol. The van der Waals surface area contributed by atoms with E-state index in [1.54, 1.807) is 26.1 Å². The van der Waals surface area contributed by atoms with Crippen molar-refractivity contribution in [2.24, 2.45) is 11.8 Å². The zero-order valence-corrected chi connectivity index (χ0v) is 22.2. The van der Waals surface area contributed by atoms with E-state index in [2.05, 4.69) is 25.1 Å². The summed E-state index contributed by atoms with van der Waals surface area (Å²) in [6.07, 6.45) is 5.34.